The lowest BCUT2D eigenvalue weighted by molar-refractivity contribution is 0.475. The predicted octanol–water partition coefficient (Wildman–Crippen LogP) is 5.37. The average molecular weight is 345 g/mol. The number of phenols is 1. The molecule has 0 saturated carbocycles. The number of nitrogens with one attached hydrogen (secondary N) is 1. The number of rotatable bonds is 4. The molecule has 3 rings (SSSR count). The van der Waals surface area contributed by atoms with E-state index in [9.17, 15) is 5.11 Å². The molecular formula is C18H14Cl2N2O. The summed E-state index contributed by atoms with van der Waals surface area (Å²) in [6, 6.07) is 14.6. The molecule has 5 heteroatoms. The van der Waals surface area contributed by atoms with Gasteiger partial charge >= 0.3 is 0 Å². The van der Waals surface area contributed by atoms with Gasteiger partial charge in [-0.15, -0.1) is 0 Å². The highest BCUT2D eigenvalue weighted by atomic mass is 35.5. The third kappa shape index (κ3) is 3.95. The van der Waals surface area contributed by atoms with Crippen molar-refractivity contribution < 1.29 is 5.11 Å². The lowest BCUT2D eigenvalue weighted by Gasteiger charge is -2.09. The highest BCUT2D eigenvalue weighted by molar-refractivity contribution is 6.42. The first-order chi connectivity index (χ1) is 11.1. The monoisotopic (exact) mass is 344 g/mol. The van der Waals surface area contributed by atoms with Crippen LogP contribution < -0.4 is 5.32 Å². The predicted molar refractivity (Wildman–Crippen MR) is 95.1 cm³/mol. The summed E-state index contributed by atoms with van der Waals surface area (Å²) in [6.07, 6.45) is 3.52. The number of aromatic nitrogens is 1. The van der Waals surface area contributed by atoms with Gasteiger partial charge in [-0.2, -0.15) is 0 Å². The smallest absolute Gasteiger partial charge is 0.116 e. The second-order valence-corrected chi connectivity index (χ2v) is 5.93. The van der Waals surface area contributed by atoms with E-state index in [0.717, 1.165) is 22.4 Å². The minimum absolute atomic E-state index is 0.233. The molecule has 1 aromatic heterocycles. The summed E-state index contributed by atoms with van der Waals surface area (Å²) >= 11 is 11.9. The van der Waals surface area contributed by atoms with Gasteiger partial charge in [-0.05, 0) is 41.5 Å². The largest absolute Gasteiger partial charge is 0.508 e. The van der Waals surface area contributed by atoms with Crippen LogP contribution in [0.15, 0.2) is 60.9 Å². The zero-order chi connectivity index (χ0) is 16.2. The molecule has 2 N–H and O–H groups in total. The molecule has 0 aliphatic heterocycles. The van der Waals surface area contributed by atoms with Crippen LogP contribution in [0.3, 0.4) is 0 Å². The molecule has 1 heterocycles. The summed E-state index contributed by atoms with van der Waals surface area (Å²) in [5.41, 5.74) is 3.76. The van der Waals surface area contributed by atoms with Gasteiger partial charge in [0.1, 0.15) is 5.75 Å². The first-order valence-electron chi connectivity index (χ1n) is 7.04. The Balaban J connectivity index is 1.76. The van der Waals surface area contributed by atoms with Crippen molar-refractivity contribution in [3.05, 3.63) is 76.5 Å². The molecule has 0 aliphatic rings. The molecule has 0 fully saturated rings. The van der Waals surface area contributed by atoms with Crippen molar-refractivity contribution in [2.45, 2.75) is 6.54 Å². The molecule has 3 aromatic rings. The zero-order valence-electron chi connectivity index (χ0n) is 12.1. The van der Waals surface area contributed by atoms with Crippen molar-refractivity contribution in [1.82, 2.24) is 4.98 Å². The van der Waals surface area contributed by atoms with E-state index in [4.69, 9.17) is 23.2 Å². The Morgan fingerprint density at radius 1 is 0.913 bits per heavy atom. The molecule has 2 aromatic carbocycles. The first kappa shape index (κ1) is 15.7. The van der Waals surface area contributed by atoms with Crippen molar-refractivity contribution in [2.24, 2.45) is 0 Å². The van der Waals surface area contributed by atoms with Crippen molar-refractivity contribution in [2.75, 3.05) is 5.32 Å². The maximum absolute atomic E-state index is 9.58. The van der Waals surface area contributed by atoms with E-state index in [1.54, 1.807) is 36.7 Å². The van der Waals surface area contributed by atoms with Crippen LogP contribution in [0.5, 0.6) is 5.75 Å². The Morgan fingerprint density at radius 3 is 2.57 bits per heavy atom. The summed E-state index contributed by atoms with van der Waals surface area (Å²) in [5.74, 6) is 0.233. The number of anilines is 1. The average Bonchev–Trinajstić information content (AvgIpc) is 2.56. The van der Waals surface area contributed by atoms with E-state index in [1.807, 2.05) is 24.3 Å². The van der Waals surface area contributed by atoms with Crippen LogP contribution in [0.1, 0.15) is 5.56 Å². The van der Waals surface area contributed by atoms with Crippen molar-refractivity contribution in [3.63, 3.8) is 0 Å². The van der Waals surface area contributed by atoms with Gasteiger partial charge in [0, 0.05) is 24.5 Å². The first-order valence-corrected chi connectivity index (χ1v) is 7.80. The summed E-state index contributed by atoms with van der Waals surface area (Å²) in [4.78, 5) is 4.24. The second-order valence-electron chi connectivity index (χ2n) is 5.11. The SMILES string of the molecule is Oc1cccc(-c2cncc(NCc3ccc(Cl)c(Cl)c3)c2)c1. The van der Waals surface area contributed by atoms with Gasteiger partial charge in [-0.25, -0.2) is 0 Å². The van der Waals surface area contributed by atoms with Crippen LogP contribution in [-0.2, 0) is 6.54 Å². The molecule has 0 aliphatic carbocycles. The van der Waals surface area contributed by atoms with Gasteiger partial charge in [0.15, 0.2) is 0 Å². The van der Waals surface area contributed by atoms with Crippen LogP contribution >= 0.6 is 23.2 Å². The number of nitrogens with zero attached hydrogens (tertiary/aromatic N) is 1. The molecule has 0 saturated heterocycles. The molecular weight excluding hydrogens is 331 g/mol. The maximum atomic E-state index is 9.58. The fourth-order valence-corrected chi connectivity index (χ4v) is 2.55. The minimum atomic E-state index is 0.233. The number of halogens is 2. The number of pyridine rings is 1. The van der Waals surface area contributed by atoms with Gasteiger partial charge in [0.2, 0.25) is 0 Å². The Kier molecular flexibility index (Phi) is 4.70. The number of phenolic OH excluding ortho intramolecular Hbond substituents is 1. The highest BCUT2D eigenvalue weighted by Crippen LogP contribution is 2.26. The normalized spacial score (nSPS) is 10.5. The second kappa shape index (κ2) is 6.90. The van der Waals surface area contributed by atoms with Crippen LogP contribution in [0.2, 0.25) is 10.0 Å². The Bertz CT molecular complexity index is 837. The van der Waals surface area contributed by atoms with E-state index in [1.165, 1.54) is 0 Å². The number of aromatic hydroxyl groups is 1. The molecule has 0 unspecified atom stereocenters. The lowest BCUT2D eigenvalue weighted by atomic mass is 10.1. The Labute approximate surface area is 144 Å². The van der Waals surface area contributed by atoms with E-state index in [2.05, 4.69) is 10.3 Å². The standard InChI is InChI=1S/C18H14Cl2N2O/c19-17-5-4-12(6-18(17)20)9-22-15-7-14(10-21-11-15)13-2-1-3-16(23)8-13/h1-8,10-11,22-23H,9H2. The summed E-state index contributed by atoms with van der Waals surface area (Å²) in [6.45, 7) is 0.613. The molecule has 3 nitrogen and oxygen atoms in total. The van der Waals surface area contributed by atoms with Gasteiger partial charge in [-0.3, -0.25) is 4.98 Å². The Hall–Kier alpha value is -2.23. The molecule has 0 bridgehead atoms. The van der Waals surface area contributed by atoms with E-state index in [0.29, 0.717) is 16.6 Å². The fraction of sp³-hybridized carbons (Fsp3) is 0.0556. The van der Waals surface area contributed by atoms with Gasteiger partial charge < -0.3 is 10.4 Å². The van der Waals surface area contributed by atoms with Gasteiger partial charge in [-0.1, -0.05) is 41.4 Å². The van der Waals surface area contributed by atoms with Crippen molar-refractivity contribution in [3.8, 4) is 16.9 Å². The molecule has 0 spiro atoms. The molecule has 0 radical (unpaired) electrons. The van der Waals surface area contributed by atoms with Gasteiger partial charge in [0.05, 0.1) is 15.7 Å². The quantitative estimate of drug-likeness (QED) is 0.668. The minimum Gasteiger partial charge on any atom is -0.508 e. The van der Waals surface area contributed by atoms with Gasteiger partial charge in [0.25, 0.3) is 0 Å². The van der Waals surface area contributed by atoms with Crippen LogP contribution in [0.25, 0.3) is 11.1 Å². The Morgan fingerprint density at radius 2 is 1.78 bits per heavy atom. The van der Waals surface area contributed by atoms with Crippen molar-refractivity contribution >= 4 is 28.9 Å². The third-order valence-electron chi connectivity index (χ3n) is 3.40. The van der Waals surface area contributed by atoms with Crippen LogP contribution in [0.4, 0.5) is 5.69 Å². The van der Waals surface area contributed by atoms with E-state index < -0.39 is 0 Å². The van der Waals surface area contributed by atoms with E-state index >= 15 is 0 Å². The zero-order valence-corrected chi connectivity index (χ0v) is 13.6. The number of hydrogen-bond acceptors (Lipinski definition) is 3. The molecule has 0 atom stereocenters. The third-order valence-corrected chi connectivity index (χ3v) is 4.14. The molecule has 0 amide bonds. The van der Waals surface area contributed by atoms with Crippen LogP contribution in [0, 0.1) is 0 Å². The summed E-state index contributed by atoms with van der Waals surface area (Å²) in [7, 11) is 0. The molecule has 116 valence electrons. The van der Waals surface area contributed by atoms with E-state index in [-0.39, 0.29) is 5.75 Å². The number of hydrogen-bond donors (Lipinski definition) is 2. The van der Waals surface area contributed by atoms with Crippen LogP contribution in [-0.4, -0.2) is 10.1 Å². The highest BCUT2D eigenvalue weighted by Gasteiger charge is 2.03. The molecule has 23 heavy (non-hydrogen) atoms. The summed E-state index contributed by atoms with van der Waals surface area (Å²) < 4.78 is 0. The number of benzene rings is 2. The maximum Gasteiger partial charge on any atom is 0.116 e. The topological polar surface area (TPSA) is 45.2 Å². The van der Waals surface area contributed by atoms with Crippen molar-refractivity contribution in [1.29, 1.82) is 0 Å². The summed E-state index contributed by atoms with van der Waals surface area (Å²) in [5, 5.41) is 14.0. The lowest BCUT2D eigenvalue weighted by Crippen LogP contribution is -2.00. The fourth-order valence-electron chi connectivity index (χ4n) is 2.23.